The number of quaternary nitrogens is 1. The monoisotopic (exact) mass is 256 g/mol. The highest BCUT2D eigenvalue weighted by molar-refractivity contribution is 4.85. The van der Waals surface area contributed by atoms with Crippen LogP contribution in [-0.4, -0.2) is 50.2 Å². The molecule has 102 valence electrons. The highest BCUT2D eigenvalue weighted by atomic mass is 19.4. The zero-order valence-electron chi connectivity index (χ0n) is 10.1. The summed E-state index contributed by atoms with van der Waals surface area (Å²) in [5, 5.41) is 9.21. The van der Waals surface area contributed by atoms with Crippen molar-refractivity contribution in [2.24, 2.45) is 0 Å². The van der Waals surface area contributed by atoms with E-state index in [1.54, 1.807) is 4.90 Å². The number of aliphatic hydroxyl groups excluding tert-OH is 1. The number of nitrogens with one attached hydrogen (secondary N) is 1. The Kier molecular flexibility index (Phi) is 5.22. The number of fused-ring (bicyclic) bond motifs is 1. The summed E-state index contributed by atoms with van der Waals surface area (Å²) in [7, 11) is 1.01. The molecule has 17 heavy (non-hydrogen) atoms. The van der Waals surface area contributed by atoms with Crippen molar-refractivity contribution in [3.05, 3.63) is 0 Å². The van der Waals surface area contributed by atoms with Crippen LogP contribution >= 0.6 is 0 Å². The molecule has 0 unspecified atom stereocenters. The maximum Gasteiger partial charge on any atom is 0.411 e. The first kappa shape index (κ1) is 14.7. The fourth-order valence-corrected chi connectivity index (χ4v) is 2.85. The van der Waals surface area contributed by atoms with Gasteiger partial charge in [-0.3, -0.25) is 0 Å². The van der Waals surface area contributed by atoms with Crippen LogP contribution in [0.15, 0.2) is 0 Å². The average molecular weight is 256 g/mol. The fraction of sp³-hybridized carbons (Fsp3) is 1.00. The molecule has 0 aliphatic carbocycles. The molecule has 0 aromatic rings. The Hall–Kier alpha value is -0.330. The topological polar surface area (TPSA) is 33.9 Å². The molecule has 2 saturated heterocycles. The van der Waals surface area contributed by atoms with Gasteiger partial charge in [-0.05, 0) is 0 Å². The van der Waals surface area contributed by atoms with Crippen LogP contribution in [0.1, 0.15) is 25.7 Å². The van der Waals surface area contributed by atoms with Crippen molar-refractivity contribution in [2.45, 2.75) is 37.4 Å². The predicted octanol–water partition coefficient (Wildman–Crippen LogP) is 0.385. The molecule has 0 amide bonds. The predicted molar refractivity (Wildman–Crippen MR) is 56.9 cm³/mol. The van der Waals surface area contributed by atoms with E-state index < -0.39 is 12.8 Å². The largest absolute Gasteiger partial charge is 0.411 e. The third kappa shape index (κ3) is 4.12. The summed E-state index contributed by atoms with van der Waals surface area (Å²) in [4.78, 5) is 1.68. The van der Waals surface area contributed by atoms with Crippen LogP contribution in [-0.2, 0) is 4.74 Å². The molecule has 2 aliphatic heterocycles. The fourth-order valence-electron chi connectivity index (χ4n) is 2.85. The first-order valence-electron chi connectivity index (χ1n) is 5.95. The molecule has 6 heteroatoms. The van der Waals surface area contributed by atoms with E-state index in [0.29, 0.717) is 12.1 Å². The summed E-state index contributed by atoms with van der Waals surface area (Å²) >= 11 is 0. The van der Waals surface area contributed by atoms with Crippen molar-refractivity contribution in [3.63, 3.8) is 0 Å². The lowest BCUT2D eigenvalue weighted by Gasteiger charge is -2.25. The molecule has 0 aromatic heterocycles. The lowest BCUT2D eigenvalue weighted by Crippen LogP contribution is -3.16. The molecule has 2 N–H and O–H groups in total. The van der Waals surface area contributed by atoms with Crippen molar-refractivity contribution >= 4 is 0 Å². The van der Waals surface area contributed by atoms with E-state index in [4.69, 9.17) is 0 Å². The Balaban J connectivity index is 0.000000185. The van der Waals surface area contributed by atoms with Gasteiger partial charge in [0.2, 0.25) is 0 Å². The van der Waals surface area contributed by atoms with Gasteiger partial charge in [-0.25, -0.2) is 0 Å². The second kappa shape index (κ2) is 6.02. The van der Waals surface area contributed by atoms with Gasteiger partial charge in [-0.2, -0.15) is 13.2 Å². The number of methoxy groups -OCH3 is 1. The zero-order chi connectivity index (χ0) is 12.9. The lowest BCUT2D eigenvalue weighted by molar-refractivity contribution is -0.926. The van der Waals surface area contributed by atoms with Crippen LogP contribution in [0.25, 0.3) is 0 Å². The summed E-state index contributed by atoms with van der Waals surface area (Å²) in [6.45, 7) is 1.87. The number of rotatable bonds is 2. The third-order valence-electron chi connectivity index (χ3n) is 3.63. The molecule has 0 atom stereocenters. The lowest BCUT2D eigenvalue weighted by atomic mass is 9.96. The van der Waals surface area contributed by atoms with Crippen LogP contribution in [0.3, 0.4) is 0 Å². The average Bonchev–Trinajstić information content (AvgIpc) is 2.74. The maximum absolute atomic E-state index is 10.9. The standard InChI is InChI=1S/C8H15NO.C3H5F3O/c10-7-8-3-1-5-9(8)6-2-4-8;1-7-2-3(4,5)6/h10H,1-7H2;2H2,1H3/p+1. The SMILES string of the molecule is COCC(F)(F)F.OCC12CCC[NH+]1CCC2. The Morgan fingerprint density at radius 3 is 2.00 bits per heavy atom. The van der Waals surface area contributed by atoms with Crippen LogP contribution < -0.4 is 4.90 Å². The van der Waals surface area contributed by atoms with Gasteiger partial charge >= 0.3 is 6.18 Å². The van der Waals surface area contributed by atoms with Gasteiger partial charge in [0.25, 0.3) is 0 Å². The molecule has 0 saturated carbocycles. The van der Waals surface area contributed by atoms with Gasteiger partial charge in [0.1, 0.15) is 12.1 Å². The quantitative estimate of drug-likeness (QED) is 0.749. The number of halogens is 3. The molecule has 3 nitrogen and oxygen atoms in total. The molecule has 2 rings (SSSR count). The Labute approximate surface area is 99.5 Å². The number of hydrogen-bond donors (Lipinski definition) is 2. The Bertz CT molecular complexity index is 223. The summed E-state index contributed by atoms with van der Waals surface area (Å²) in [5.74, 6) is 0. The molecule has 2 aliphatic rings. The van der Waals surface area contributed by atoms with Crippen molar-refractivity contribution in [1.29, 1.82) is 0 Å². The molecule has 2 heterocycles. The van der Waals surface area contributed by atoms with Gasteiger partial charge < -0.3 is 14.7 Å². The first-order chi connectivity index (χ1) is 7.93. The number of ether oxygens (including phenoxy) is 1. The number of hydrogen-bond acceptors (Lipinski definition) is 2. The normalized spacial score (nSPS) is 31.9. The second-order valence-corrected chi connectivity index (χ2v) is 4.80. The number of aliphatic hydroxyl groups is 1. The highest BCUT2D eigenvalue weighted by Gasteiger charge is 2.47. The first-order valence-corrected chi connectivity index (χ1v) is 5.95. The van der Waals surface area contributed by atoms with Gasteiger partial charge in [0.05, 0.1) is 19.7 Å². The van der Waals surface area contributed by atoms with Crippen molar-refractivity contribution in [1.82, 2.24) is 0 Å². The van der Waals surface area contributed by atoms with Crippen LogP contribution in [0.2, 0.25) is 0 Å². The van der Waals surface area contributed by atoms with E-state index in [2.05, 4.69) is 4.74 Å². The van der Waals surface area contributed by atoms with Crippen LogP contribution in [0.5, 0.6) is 0 Å². The maximum atomic E-state index is 10.9. The number of alkyl halides is 3. The molecular formula is C11H21F3NO2+. The molecule has 0 aromatic carbocycles. The molecule has 0 bridgehead atoms. The van der Waals surface area contributed by atoms with E-state index in [1.807, 2.05) is 0 Å². The van der Waals surface area contributed by atoms with Crippen LogP contribution in [0.4, 0.5) is 13.2 Å². The summed E-state index contributed by atoms with van der Waals surface area (Å²) in [5.41, 5.74) is 0.319. The minimum Gasteiger partial charge on any atom is -0.390 e. The van der Waals surface area contributed by atoms with Gasteiger partial charge in [-0.15, -0.1) is 0 Å². The van der Waals surface area contributed by atoms with E-state index >= 15 is 0 Å². The highest BCUT2D eigenvalue weighted by Crippen LogP contribution is 2.23. The molecule has 0 spiro atoms. The Morgan fingerprint density at radius 2 is 1.76 bits per heavy atom. The van der Waals surface area contributed by atoms with E-state index in [0.717, 1.165) is 7.11 Å². The van der Waals surface area contributed by atoms with E-state index in [1.165, 1.54) is 38.8 Å². The minimum atomic E-state index is -4.17. The van der Waals surface area contributed by atoms with Crippen molar-refractivity contribution in [3.8, 4) is 0 Å². The smallest absolute Gasteiger partial charge is 0.390 e. The van der Waals surface area contributed by atoms with Gasteiger partial charge in [0.15, 0.2) is 0 Å². The second-order valence-electron chi connectivity index (χ2n) is 4.80. The van der Waals surface area contributed by atoms with E-state index in [9.17, 15) is 18.3 Å². The van der Waals surface area contributed by atoms with Gasteiger partial charge in [0, 0.05) is 32.8 Å². The van der Waals surface area contributed by atoms with Gasteiger partial charge in [-0.1, -0.05) is 0 Å². The molecule has 0 radical (unpaired) electrons. The molecule has 2 fully saturated rings. The zero-order valence-corrected chi connectivity index (χ0v) is 10.1. The Morgan fingerprint density at radius 1 is 1.24 bits per heavy atom. The van der Waals surface area contributed by atoms with Crippen molar-refractivity contribution in [2.75, 3.05) is 33.4 Å². The van der Waals surface area contributed by atoms with E-state index in [-0.39, 0.29) is 0 Å². The summed E-state index contributed by atoms with van der Waals surface area (Å²) < 4.78 is 36.6. The summed E-state index contributed by atoms with van der Waals surface area (Å²) in [6.07, 6.45) is 1.01. The third-order valence-corrected chi connectivity index (χ3v) is 3.63. The van der Waals surface area contributed by atoms with Crippen molar-refractivity contribution < 1.29 is 27.9 Å². The molecular weight excluding hydrogens is 235 g/mol. The van der Waals surface area contributed by atoms with Crippen LogP contribution in [0, 0.1) is 0 Å². The minimum absolute atomic E-state index is 0.319. The summed E-state index contributed by atoms with van der Waals surface area (Å²) in [6, 6.07) is 0.